The molecule has 29 heteroatoms. The van der Waals surface area contributed by atoms with Crippen molar-refractivity contribution in [3.05, 3.63) is 274 Å². The van der Waals surface area contributed by atoms with Crippen molar-refractivity contribution >= 4 is 22.7 Å². The summed E-state index contributed by atoms with van der Waals surface area (Å²) in [7, 11) is 0. The zero-order chi connectivity index (χ0) is 77.8. The molecule has 8 heterocycles. The van der Waals surface area contributed by atoms with Gasteiger partial charge in [-0.1, -0.05) is 88.4 Å². The van der Waals surface area contributed by atoms with E-state index in [1.165, 1.54) is 89.2 Å². The number of hydrogen-bond donors (Lipinski definition) is 3. The molecule has 2 unspecified atom stereocenters. The van der Waals surface area contributed by atoms with Gasteiger partial charge in [-0.3, -0.25) is 9.97 Å². The molecule has 572 valence electrons. The molecule has 6 aromatic heterocycles. The van der Waals surface area contributed by atoms with Crippen LogP contribution in [0.4, 0.5) is 49.1 Å². The fourth-order valence-electron chi connectivity index (χ4n) is 14.5. The summed E-state index contributed by atoms with van der Waals surface area (Å²) < 4.78 is 102. The minimum atomic E-state index is -3.94. The molecule has 14 rings (SSSR count). The van der Waals surface area contributed by atoms with E-state index in [0.717, 1.165) is 132 Å². The SMILES string of the molecule is CC[C@@H](C(C)C)n1ncn(-c2ccc(N3CCN(c4ccc(-c5ccc(C(F)(F)C(O)(Cn6cnc(C)n6)c6cccc(F)c6)nc5)cc4)CC3)cc2)c1=O.CC[C@@H]([C@H](C)O)n1ncn(-c2ccc(N3CCN(c4ccc(-c5ccc(C(F)(F)C(O)(Cn6cnc(C)n6)c6cccc(F)c6)nc5)cc4)CC3)cc2)c1=O. The van der Waals surface area contributed by atoms with Gasteiger partial charge in [0.2, 0.25) is 0 Å². The zero-order valence-electron chi connectivity index (χ0n) is 61.9. The number of pyridine rings is 2. The van der Waals surface area contributed by atoms with Crippen molar-refractivity contribution in [3.8, 4) is 33.6 Å². The predicted octanol–water partition coefficient (Wildman–Crippen LogP) is 12.2. The molecule has 12 aromatic rings. The number of hydrogen-bond acceptors (Lipinski definition) is 17. The summed E-state index contributed by atoms with van der Waals surface area (Å²) in [6.45, 7) is 18.0. The van der Waals surface area contributed by atoms with E-state index in [1.54, 1.807) is 36.3 Å². The Labute approximate surface area is 631 Å². The summed E-state index contributed by atoms with van der Waals surface area (Å²) in [6, 6.07) is 45.6. The quantitative estimate of drug-likeness (QED) is 0.0476. The molecule has 0 aliphatic carbocycles. The van der Waals surface area contributed by atoms with Crippen LogP contribution < -0.4 is 31.0 Å². The number of aliphatic hydroxyl groups is 3. The zero-order valence-corrected chi connectivity index (χ0v) is 61.9. The molecule has 0 radical (unpaired) electrons. The number of aryl methyl sites for hydroxylation is 2. The number of nitrogens with zero attached hydrogens (tertiary/aromatic N) is 18. The van der Waals surface area contributed by atoms with Gasteiger partial charge >= 0.3 is 23.2 Å². The van der Waals surface area contributed by atoms with Crippen molar-refractivity contribution in [2.45, 2.75) is 116 Å². The van der Waals surface area contributed by atoms with Crippen LogP contribution >= 0.6 is 0 Å². The Bertz CT molecular complexity index is 4880. The smallest absolute Gasteiger partial charge is 0.350 e. The molecule has 2 saturated heterocycles. The number of piperazine rings is 2. The maximum atomic E-state index is 16.3. The van der Waals surface area contributed by atoms with E-state index in [2.05, 4.69) is 80.7 Å². The molecular weight excluding hydrogens is 1420 g/mol. The first-order chi connectivity index (χ1) is 52.7. The third-order valence-corrected chi connectivity index (χ3v) is 20.8. The number of anilines is 4. The first-order valence-electron chi connectivity index (χ1n) is 36.5. The first kappa shape index (κ1) is 76.6. The van der Waals surface area contributed by atoms with Crippen LogP contribution in [0.3, 0.4) is 0 Å². The molecule has 3 N–H and O–H groups in total. The van der Waals surface area contributed by atoms with Crippen LogP contribution in [0.15, 0.2) is 217 Å². The summed E-state index contributed by atoms with van der Waals surface area (Å²) in [5.41, 5.74) is 0.316. The molecule has 0 saturated carbocycles. The average molecular weight is 1510 g/mol. The Morgan fingerprint density at radius 2 is 0.755 bits per heavy atom. The highest BCUT2D eigenvalue weighted by Crippen LogP contribution is 2.48. The van der Waals surface area contributed by atoms with Gasteiger partial charge in [0.05, 0.1) is 42.7 Å². The van der Waals surface area contributed by atoms with E-state index in [4.69, 9.17) is 0 Å². The fourth-order valence-corrected chi connectivity index (χ4v) is 14.5. The largest absolute Gasteiger partial charge is 0.391 e. The third-order valence-electron chi connectivity index (χ3n) is 20.8. The Kier molecular flexibility index (Phi) is 22.3. The summed E-state index contributed by atoms with van der Waals surface area (Å²) >= 11 is 0. The lowest BCUT2D eigenvalue weighted by Gasteiger charge is -2.37. The van der Waals surface area contributed by atoms with Gasteiger partial charge in [-0.25, -0.2) is 56.2 Å². The highest BCUT2D eigenvalue weighted by atomic mass is 19.3. The van der Waals surface area contributed by atoms with Gasteiger partial charge in [-0.05, 0) is 171 Å². The van der Waals surface area contributed by atoms with Crippen LogP contribution in [0, 0.1) is 31.4 Å². The van der Waals surface area contributed by atoms with Crippen molar-refractivity contribution in [2.75, 3.05) is 72.0 Å². The van der Waals surface area contributed by atoms with Crippen LogP contribution in [0.25, 0.3) is 33.6 Å². The van der Waals surface area contributed by atoms with Gasteiger partial charge in [0.25, 0.3) is 0 Å². The molecule has 5 atom stereocenters. The highest BCUT2D eigenvalue weighted by Gasteiger charge is 2.58. The molecule has 2 aliphatic heterocycles. The second-order valence-corrected chi connectivity index (χ2v) is 28.2. The first-order valence-corrected chi connectivity index (χ1v) is 36.5. The van der Waals surface area contributed by atoms with Crippen LogP contribution in [-0.4, -0.2) is 142 Å². The number of halogens is 6. The third kappa shape index (κ3) is 15.7. The summed E-state index contributed by atoms with van der Waals surface area (Å²) in [5.74, 6) is -8.40. The molecule has 2 aliphatic rings. The molecular formula is C81H86F6N18O5. The lowest BCUT2D eigenvalue weighted by molar-refractivity contribution is -0.206. The van der Waals surface area contributed by atoms with E-state index in [0.29, 0.717) is 40.8 Å². The van der Waals surface area contributed by atoms with Gasteiger partial charge in [-0.2, -0.15) is 38.0 Å². The standard InChI is InChI=1S/C41H44F3N9O2.C40H42F3N9O3/c1-5-37(28(2)3)53-39(54)52(27-47-53)36-16-14-35(15-17-36)50-21-19-49(20-22-50)34-12-9-30(10-13-34)31-11-18-38(45-24-31)41(43,44)40(55,25-51-26-46-29(4)48-51)32-7-6-8-33(42)23-32;1-4-36(27(2)53)52-38(54)51(26-46-52)35-15-13-34(14-16-35)49-20-18-48(19-21-49)33-11-8-29(9-12-33)30-10-17-37(44-23-30)40(42,43)39(55,24-50-25-45-28(3)47-50)31-6-5-7-32(41)22-31/h6-18,23-24,26-28,37,55H,5,19-22,25H2,1-4H3;5-17,22-23,25-27,36,53,55H,4,18-21,24H2,1-3H3/t37-,40?;27-,36-,39?/m00/s1. The maximum Gasteiger partial charge on any atom is 0.350 e. The fraction of sp³-hybridized carbons (Fsp3) is 0.333. The number of rotatable bonds is 24. The Morgan fingerprint density at radius 1 is 0.427 bits per heavy atom. The van der Waals surface area contributed by atoms with Crippen molar-refractivity contribution in [2.24, 2.45) is 5.92 Å². The van der Waals surface area contributed by atoms with Crippen molar-refractivity contribution in [3.63, 3.8) is 0 Å². The lowest BCUT2D eigenvalue weighted by atomic mass is 9.84. The molecule has 23 nitrogen and oxygen atoms in total. The van der Waals surface area contributed by atoms with Crippen molar-refractivity contribution < 1.29 is 41.7 Å². The minimum absolute atomic E-state index is 0.0523. The van der Waals surface area contributed by atoms with E-state index in [9.17, 15) is 33.7 Å². The Morgan fingerprint density at radius 3 is 1.05 bits per heavy atom. The van der Waals surface area contributed by atoms with Crippen molar-refractivity contribution in [1.82, 2.24) is 68.2 Å². The van der Waals surface area contributed by atoms with E-state index in [1.807, 2.05) is 104 Å². The summed E-state index contributed by atoms with van der Waals surface area (Å²) in [6.07, 6.45) is 8.97. The average Bonchev–Trinajstić information content (AvgIpc) is 0.759. The summed E-state index contributed by atoms with van der Waals surface area (Å²) in [4.78, 5) is 51.4. The van der Waals surface area contributed by atoms with Gasteiger partial charge in [0, 0.05) is 98.6 Å². The molecule has 2 fully saturated rings. The molecule has 0 bridgehead atoms. The minimum Gasteiger partial charge on any atom is -0.391 e. The predicted molar refractivity (Wildman–Crippen MR) is 407 cm³/mol. The number of benzene rings is 6. The van der Waals surface area contributed by atoms with Gasteiger partial charge < -0.3 is 34.9 Å². The van der Waals surface area contributed by atoms with Crippen LogP contribution in [0.1, 0.15) is 93.7 Å². The van der Waals surface area contributed by atoms with Crippen molar-refractivity contribution in [1.29, 1.82) is 0 Å². The molecule has 0 amide bonds. The number of aliphatic hydroxyl groups excluding tert-OH is 1. The topological polar surface area (TPSA) is 240 Å². The van der Waals surface area contributed by atoms with Gasteiger partial charge in [0.1, 0.15) is 60.0 Å². The van der Waals surface area contributed by atoms with Crippen LogP contribution in [0.5, 0.6) is 0 Å². The number of aromatic nitrogens is 14. The second kappa shape index (κ2) is 31.9. The molecule has 0 spiro atoms. The second-order valence-electron chi connectivity index (χ2n) is 28.2. The van der Waals surface area contributed by atoms with E-state index < -0.39 is 71.3 Å². The summed E-state index contributed by atoms with van der Waals surface area (Å²) in [5, 5.41) is 50.0. The maximum absolute atomic E-state index is 16.3. The van der Waals surface area contributed by atoms with E-state index >= 15 is 17.6 Å². The Balaban J connectivity index is 0.000000193. The normalized spacial score (nSPS) is 15.6. The number of alkyl halides is 4. The van der Waals surface area contributed by atoms with Gasteiger partial charge in [0.15, 0.2) is 11.2 Å². The Hall–Kier alpha value is -11.6. The highest BCUT2D eigenvalue weighted by molar-refractivity contribution is 5.68. The monoisotopic (exact) mass is 1500 g/mol. The van der Waals surface area contributed by atoms with E-state index in [-0.39, 0.29) is 28.5 Å². The molecule has 110 heavy (non-hydrogen) atoms. The van der Waals surface area contributed by atoms with Crippen LogP contribution in [0.2, 0.25) is 0 Å². The van der Waals surface area contributed by atoms with Crippen LogP contribution in [-0.2, 0) is 36.1 Å². The lowest BCUT2D eigenvalue weighted by Crippen LogP contribution is -2.47. The van der Waals surface area contributed by atoms with Gasteiger partial charge in [-0.15, -0.1) is 0 Å². The molecule has 6 aromatic carbocycles.